The van der Waals surface area contributed by atoms with Gasteiger partial charge in [-0.15, -0.1) is 12.4 Å². The lowest BCUT2D eigenvalue weighted by Gasteiger charge is -2.15. The van der Waals surface area contributed by atoms with Gasteiger partial charge in [0.15, 0.2) is 0 Å². The van der Waals surface area contributed by atoms with Crippen LogP contribution in [0, 0.1) is 0 Å². The van der Waals surface area contributed by atoms with Crippen LogP contribution in [-0.2, 0) is 6.18 Å². The van der Waals surface area contributed by atoms with Gasteiger partial charge in [-0.25, -0.2) is 0 Å². The van der Waals surface area contributed by atoms with Gasteiger partial charge >= 0.3 is 6.18 Å². The minimum Gasteiger partial charge on any atom is -0.350 e. The summed E-state index contributed by atoms with van der Waals surface area (Å²) in [5.74, 6) is -0.777. The number of halogens is 4. The maximum atomic E-state index is 12.8. The molecule has 4 nitrogen and oxygen atoms in total. The van der Waals surface area contributed by atoms with Gasteiger partial charge in [-0.1, -0.05) is 12.1 Å². The van der Waals surface area contributed by atoms with Crippen molar-refractivity contribution in [2.24, 2.45) is 11.5 Å². The molecule has 0 aromatic heterocycles. The van der Waals surface area contributed by atoms with Gasteiger partial charge in [-0.3, -0.25) is 4.79 Å². The molecular weight excluding hydrogens is 307 g/mol. The van der Waals surface area contributed by atoms with Crippen molar-refractivity contribution < 1.29 is 18.0 Å². The van der Waals surface area contributed by atoms with Crippen molar-refractivity contribution >= 4 is 18.3 Å². The van der Waals surface area contributed by atoms with Crippen molar-refractivity contribution in [2.45, 2.75) is 25.1 Å². The van der Waals surface area contributed by atoms with Crippen molar-refractivity contribution in [3.05, 3.63) is 35.4 Å². The minimum atomic E-state index is -4.56. The number of hydrogen-bond acceptors (Lipinski definition) is 3. The van der Waals surface area contributed by atoms with Crippen LogP contribution in [0.1, 0.15) is 28.8 Å². The van der Waals surface area contributed by atoms with E-state index in [-0.39, 0.29) is 25.0 Å². The first-order valence-electron chi connectivity index (χ1n) is 6.26. The fourth-order valence-corrected chi connectivity index (χ4v) is 1.73. The fourth-order valence-electron chi connectivity index (χ4n) is 1.73. The van der Waals surface area contributed by atoms with Crippen LogP contribution in [0.5, 0.6) is 0 Å². The summed E-state index contributed by atoms with van der Waals surface area (Å²) in [5, 5.41) is 2.42. The second kappa shape index (κ2) is 8.86. The monoisotopic (exact) mass is 325 g/mol. The van der Waals surface area contributed by atoms with Gasteiger partial charge in [0.25, 0.3) is 5.91 Å². The molecular formula is C13H19ClF3N3O. The van der Waals surface area contributed by atoms with E-state index in [0.717, 1.165) is 12.1 Å². The highest BCUT2D eigenvalue weighted by atomic mass is 35.5. The number of hydrogen-bond donors (Lipinski definition) is 3. The van der Waals surface area contributed by atoms with E-state index in [0.29, 0.717) is 19.4 Å². The average molecular weight is 326 g/mol. The molecule has 0 unspecified atom stereocenters. The summed E-state index contributed by atoms with van der Waals surface area (Å²) in [5.41, 5.74) is 9.69. The van der Waals surface area contributed by atoms with Crippen LogP contribution in [-0.4, -0.2) is 25.0 Å². The van der Waals surface area contributed by atoms with Crippen molar-refractivity contribution in [2.75, 3.05) is 13.1 Å². The Morgan fingerprint density at radius 1 is 1.29 bits per heavy atom. The number of alkyl halides is 3. The Kier molecular flexibility index (Phi) is 8.31. The molecule has 0 radical (unpaired) electrons. The highest BCUT2D eigenvalue weighted by Gasteiger charge is 2.34. The summed E-state index contributed by atoms with van der Waals surface area (Å²) in [7, 11) is 0. The largest absolute Gasteiger partial charge is 0.417 e. The predicted octanol–water partition coefficient (Wildman–Crippen LogP) is 1.92. The van der Waals surface area contributed by atoms with Crippen molar-refractivity contribution in [1.29, 1.82) is 0 Å². The molecule has 0 aliphatic carbocycles. The topological polar surface area (TPSA) is 81.1 Å². The molecule has 0 saturated carbocycles. The van der Waals surface area contributed by atoms with Gasteiger partial charge in [0.2, 0.25) is 0 Å². The van der Waals surface area contributed by atoms with Crippen LogP contribution < -0.4 is 16.8 Å². The molecule has 0 saturated heterocycles. The number of carbonyl (C=O) groups is 1. The summed E-state index contributed by atoms with van der Waals surface area (Å²) in [6.07, 6.45) is -3.25. The summed E-state index contributed by atoms with van der Waals surface area (Å²) in [4.78, 5) is 11.8. The normalized spacial score (nSPS) is 12.4. The summed E-state index contributed by atoms with van der Waals surface area (Å²) in [6.45, 7) is 0.601. The van der Waals surface area contributed by atoms with E-state index in [4.69, 9.17) is 11.5 Å². The smallest absolute Gasteiger partial charge is 0.350 e. The van der Waals surface area contributed by atoms with Gasteiger partial charge in [-0.2, -0.15) is 13.2 Å². The Balaban J connectivity index is 0.00000400. The number of carbonyl (C=O) groups excluding carboxylic acids is 1. The van der Waals surface area contributed by atoms with Crippen LogP contribution >= 0.6 is 12.4 Å². The fraction of sp³-hybridized carbons (Fsp3) is 0.462. The second-order valence-electron chi connectivity index (χ2n) is 4.44. The van der Waals surface area contributed by atoms with Crippen LogP contribution in [0.15, 0.2) is 24.3 Å². The first kappa shape index (κ1) is 19.7. The van der Waals surface area contributed by atoms with Crippen molar-refractivity contribution in [3.63, 3.8) is 0 Å². The van der Waals surface area contributed by atoms with E-state index in [1.165, 1.54) is 12.1 Å². The van der Waals surface area contributed by atoms with Crippen molar-refractivity contribution in [3.8, 4) is 0 Å². The Bertz CT molecular complexity index is 455. The zero-order valence-electron chi connectivity index (χ0n) is 11.3. The van der Waals surface area contributed by atoms with E-state index < -0.39 is 23.2 Å². The highest BCUT2D eigenvalue weighted by Crippen LogP contribution is 2.31. The molecule has 0 aliphatic rings. The van der Waals surface area contributed by atoms with Crippen molar-refractivity contribution in [1.82, 2.24) is 5.32 Å². The highest BCUT2D eigenvalue weighted by molar-refractivity contribution is 5.95. The quantitative estimate of drug-likeness (QED) is 0.747. The molecule has 0 aliphatic heterocycles. The molecule has 1 aromatic rings. The summed E-state index contributed by atoms with van der Waals surface area (Å²) < 4.78 is 38.3. The van der Waals surface area contributed by atoms with Crippen LogP contribution in [0.25, 0.3) is 0 Å². The zero-order valence-corrected chi connectivity index (χ0v) is 12.1. The van der Waals surface area contributed by atoms with E-state index >= 15 is 0 Å². The molecule has 8 heteroatoms. The van der Waals surface area contributed by atoms with Crippen LogP contribution in [0.3, 0.4) is 0 Å². The van der Waals surface area contributed by atoms with E-state index in [1.807, 2.05) is 0 Å². The Labute approximate surface area is 127 Å². The number of benzene rings is 1. The molecule has 0 fully saturated rings. The lowest BCUT2D eigenvalue weighted by molar-refractivity contribution is -0.137. The number of nitrogens with two attached hydrogens (primary N) is 2. The summed E-state index contributed by atoms with van der Waals surface area (Å²) >= 11 is 0. The number of amides is 1. The number of nitrogens with one attached hydrogen (secondary N) is 1. The molecule has 1 amide bonds. The molecule has 0 spiro atoms. The molecule has 1 aromatic carbocycles. The summed E-state index contributed by atoms with van der Waals surface area (Å²) in [6, 6.07) is 4.33. The van der Waals surface area contributed by atoms with Gasteiger partial charge in [0.1, 0.15) is 0 Å². The maximum absolute atomic E-state index is 12.8. The molecule has 0 bridgehead atoms. The predicted molar refractivity (Wildman–Crippen MR) is 77.3 cm³/mol. The minimum absolute atomic E-state index is 0. The van der Waals surface area contributed by atoms with E-state index in [9.17, 15) is 18.0 Å². The van der Waals surface area contributed by atoms with Gasteiger partial charge in [-0.05, 0) is 31.5 Å². The van der Waals surface area contributed by atoms with Crippen LogP contribution in [0.4, 0.5) is 13.2 Å². The maximum Gasteiger partial charge on any atom is 0.417 e. The lowest BCUT2D eigenvalue weighted by atomic mass is 10.1. The Hall–Kier alpha value is -1.31. The average Bonchev–Trinajstić information content (AvgIpc) is 2.41. The molecule has 1 rings (SSSR count). The van der Waals surface area contributed by atoms with Gasteiger partial charge in [0.05, 0.1) is 11.1 Å². The standard InChI is InChI=1S/C13H18F3N3O.ClH/c14-13(15,16)11-6-2-1-5-10(11)12(20)19-8-9(18)4-3-7-17;/h1-2,5-6,9H,3-4,7-8,17-18H2,(H,19,20);1H/t9-;/m0./s1. The SMILES string of the molecule is Cl.NCCC[C@H](N)CNC(=O)c1ccccc1C(F)(F)F. The molecule has 21 heavy (non-hydrogen) atoms. The third-order valence-electron chi connectivity index (χ3n) is 2.78. The molecule has 5 N–H and O–H groups in total. The Morgan fingerprint density at radius 2 is 1.90 bits per heavy atom. The zero-order chi connectivity index (χ0) is 15.2. The van der Waals surface area contributed by atoms with E-state index in [2.05, 4.69) is 5.32 Å². The van der Waals surface area contributed by atoms with Gasteiger partial charge < -0.3 is 16.8 Å². The third kappa shape index (κ3) is 6.33. The van der Waals surface area contributed by atoms with Crippen LogP contribution in [0.2, 0.25) is 0 Å². The first-order chi connectivity index (χ1) is 9.36. The number of rotatable bonds is 6. The third-order valence-corrected chi connectivity index (χ3v) is 2.78. The van der Waals surface area contributed by atoms with Gasteiger partial charge in [0, 0.05) is 12.6 Å². The lowest BCUT2D eigenvalue weighted by Crippen LogP contribution is -2.38. The molecule has 1 atom stereocenters. The molecule has 120 valence electrons. The first-order valence-corrected chi connectivity index (χ1v) is 6.26. The van der Waals surface area contributed by atoms with E-state index in [1.54, 1.807) is 0 Å². The Morgan fingerprint density at radius 3 is 2.48 bits per heavy atom. The second-order valence-corrected chi connectivity index (χ2v) is 4.44. The molecule has 0 heterocycles.